The third-order valence-corrected chi connectivity index (χ3v) is 5.84. The van der Waals surface area contributed by atoms with E-state index < -0.39 is 0 Å². The van der Waals surface area contributed by atoms with E-state index in [2.05, 4.69) is 62.0 Å². The van der Waals surface area contributed by atoms with Gasteiger partial charge in [0.1, 0.15) is 0 Å². The second-order valence-electron chi connectivity index (χ2n) is 3.95. The summed E-state index contributed by atoms with van der Waals surface area (Å²) in [7, 11) is 0. The van der Waals surface area contributed by atoms with E-state index in [1.54, 1.807) is 11.3 Å². The second-order valence-corrected chi connectivity index (χ2v) is 7.25. The lowest BCUT2D eigenvalue weighted by Crippen LogP contribution is -2.32. The molecule has 0 bridgehead atoms. The summed E-state index contributed by atoms with van der Waals surface area (Å²) in [6.45, 7) is 9.96. The number of likely N-dealkylation sites (N-methyl/N-ethyl adjacent to an activating group) is 1. The first-order valence-corrected chi connectivity index (χ1v) is 8.44. The molecule has 1 heterocycles. The van der Waals surface area contributed by atoms with Crippen LogP contribution in [0.4, 0.5) is 0 Å². The molecule has 1 aromatic heterocycles. The van der Waals surface area contributed by atoms with Crippen molar-refractivity contribution in [1.82, 2.24) is 10.2 Å². The first-order valence-electron chi connectivity index (χ1n) is 6.04. The molecule has 98 valence electrons. The molecule has 17 heavy (non-hydrogen) atoms. The van der Waals surface area contributed by atoms with Crippen molar-refractivity contribution in [3.8, 4) is 0 Å². The Bertz CT molecular complexity index is 309. The molecule has 1 aromatic rings. The van der Waals surface area contributed by atoms with Gasteiger partial charge >= 0.3 is 0 Å². The molecule has 1 N–H and O–H groups in total. The van der Waals surface area contributed by atoms with Crippen LogP contribution in [-0.2, 0) is 6.54 Å². The van der Waals surface area contributed by atoms with Gasteiger partial charge in [0.15, 0.2) is 0 Å². The van der Waals surface area contributed by atoms with Crippen LogP contribution < -0.4 is 5.32 Å². The van der Waals surface area contributed by atoms with Gasteiger partial charge in [0.25, 0.3) is 0 Å². The van der Waals surface area contributed by atoms with Gasteiger partial charge in [-0.05, 0) is 57.4 Å². The van der Waals surface area contributed by atoms with Crippen LogP contribution in [0.2, 0.25) is 0 Å². The van der Waals surface area contributed by atoms with E-state index in [-0.39, 0.29) is 0 Å². The maximum absolute atomic E-state index is 3.52. The molecule has 5 heteroatoms. The first kappa shape index (κ1) is 15.6. The van der Waals surface area contributed by atoms with Crippen molar-refractivity contribution in [2.24, 2.45) is 0 Å². The van der Waals surface area contributed by atoms with Crippen molar-refractivity contribution in [2.45, 2.75) is 26.8 Å². The predicted octanol–water partition coefficient (Wildman–Crippen LogP) is 4.09. The number of halogens is 2. The van der Waals surface area contributed by atoms with Crippen molar-refractivity contribution >= 4 is 43.2 Å². The van der Waals surface area contributed by atoms with Crippen LogP contribution in [0, 0.1) is 0 Å². The third kappa shape index (κ3) is 5.83. The fourth-order valence-corrected chi connectivity index (χ4v) is 3.82. The van der Waals surface area contributed by atoms with Gasteiger partial charge in [-0.15, -0.1) is 11.3 Å². The van der Waals surface area contributed by atoms with Gasteiger partial charge < -0.3 is 10.2 Å². The molecule has 0 spiro atoms. The van der Waals surface area contributed by atoms with Gasteiger partial charge in [-0.25, -0.2) is 0 Å². The predicted molar refractivity (Wildman–Crippen MR) is 83.8 cm³/mol. The first-order chi connectivity index (χ1) is 8.17. The molecule has 0 saturated carbocycles. The Morgan fingerprint density at radius 1 is 1.29 bits per heavy atom. The van der Waals surface area contributed by atoms with E-state index in [1.807, 2.05) is 0 Å². The third-order valence-electron chi connectivity index (χ3n) is 2.59. The summed E-state index contributed by atoms with van der Waals surface area (Å²) < 4.78 is 2.33. The number of nitrogens with zero attached hydrogens (tertiary/aromatic N) is 1. The highest BCUT2D eigenvalue weighted by molar-refractivity contribution is 9.13. The minimum Gasteiger partial charge on any atom is -0.311 e. The Morgan fingerprint density at radius 3 is 2.59 bits per heavy atom. The van der Waals surface area contributed by atoms with Crippen molar-refractivity contribution < 1.29 is 0 Å². The highest BCUT2D eigenvalue weighted by Gasteiger charge is 2.04. The number of hydrogen-bond acceptors (Lipinski definition) is 3. The van der Waals surface area contributed by atoms with Gasteiger partial charge in [0, 0.05) is 29.0 Å². The molecule has 0 aromatic carbocycles. The van der Waals surface area contributed by atoms with E-state index in [1.165, 1.54) is 21.6 Å². The minimum absolute atomic E-state index is 0.957. The lowest BCUT2D eigenvalue weighted by atomic mass is 10.4. The number of nitrogens with one attached hydrogen (secondary N) is 1. The van der Waals surface area contributed by atoms with Crippen molar-refractivity contribution in [2.75, 3.05) is 26.2 Å². The molecule has 0 amide bonds. The molecule has 2 nitrogen and oxygen atoms in total. The van der Waals surface area contributed by atoms with E-state index in [0.29, 0.717) is 0 Å². The summed E-state index contributed by atoms with van der Waals surface area (Å²) in [5, 5.41) is 3.49. The zero-order valence-electron chi connectivity index (χ0n) is 10.4. The van der Waals surface area contributed by atoms with Gasteiger partial charge in [0.05, 0.1) is 3.79 Å². The Morgan fingerprint density at radius 2 is 2.06 bits per heavy atom. The number of rotatable bonds is 8. The minimum atomic E-state index is 0.957. The zero-order valence-corrected chi connectivity index (χ0v) is 14.4. The molecule has 0 atom stereocenters. The van der Waals surface area contributed by atoms with Crippen molar-refractivity contribution in [3.63, 3.8) is 0 Å². The standard InChI is InChI=1S/C12H20Br2N2S/c1-3-6-16(4-2)7-5-15-9-10-8-11(13)12(14)17-10/h8,15H,3-7,9H2,1-2H3. The van der Waals surface area contributed by atoms with E-state index >= 15 is 0 Å². The van der Waals surface area contributed by atoms with Crippen LogP contribution >= 0.6 is 43.2 Å². The lowest BCUT2D eigenvalue weighted by Gasteiger charge is -2.19. The lowest BCUT2D eigenvalue weighted by molar-refractivity contribution is 0.287. The Kier molecular flexibility index (Phi) is 7.95. The topological polar surface area (TPSA) is 15.3 Å². The Balaban J connectivity index is 2.19. The van der Waals surface area contributed by atoms with Crippen molar-refractivity contribution in [3.05, 3.63) is 19.2 Å². The molecule has 0 aliphatic rings. The van der Waals surface area contributed by atoms with Crippen LogP contribution in [0.1, 0.15) is 25.1 Å². The van der Waals surface area contributed by atoms with Crippen LogP contribution in [0.3, 0.4) is 0 Å². The molecular formula is C12H20Br2N2S. The fourth-order valence-electron chi connectivity index (χ4n) is 1.67. The molecule has 0 fully saturated rings. The Hall–Kier alpha value is 0.580. The summed E-state index contributed by atoms with van der Waals surface area (Å²) >= 11 is 8.81. The normalized spacial score (nSPS) is 11.4. The van der Waals surface area contributed by atoms with Crippen LogP contribution in [0.15, 0.2) is 14.3 Å². The summed E-state index contributed by atoms with van der Waals surface area (Å²) in [5.41, 5.74) is 0. The zero-order chi connectivity index (χ0) is 12.7. The average Bonchev–Trinajstić information content (AvgIpc) is 2.63. The van der Waals surface area contributed by atoms with Gasteiger partial charge in [-0.3, -0.25) is 0 Å². The molecule has 0 aliphatic carbocycles. The summed E-state index contributed by atoms with van der Waals surface area (Å²) in [4.78, 5) is 3.84. The molecule has 0 radical (unpaired) electrons. The van der Waals surface area contributed by atoms with E-state index in [9.17, 15) is 0 Å². The second kappa shape index (κ2) is 8.64. The quantitative estimate of drug-likeness (QED) is 0.680. The summed E-state index contributed by atoms with van der Waals surface area (Å²) in [6.07, 6.45) is 1.23. The largest absolute Gasteiger partial charge is 0.311 e. The van der Waals surface area contributed by atoms with Crippen molar-refractivity contribution in [1.29, 1.82) is 0 Å². The monoisotopic (exact) mass is 382 g/mol. The van der Waals surface area contributed by atoms with E-state index in [0.717, 1.165) is 30.7 Å². The molecule has 0 saturated heterocycles. The molecular weight excluding hydrogens is 364 g/mol. The van der Waals surface area contributed by atoms with Gasteiger partial charge in [-0.1, -0.05) is 13.8 Å². The van der Waals surface area contributed by atoms with Crippen LogP contribution in [0.25, 0.3) is 0 Å². The van der Waals surface area contributed by atoms with E-state index in [4.69, 9.17) is 0 Å². The molecule has 0 aliphatic heterocycles. The highest BCUT2D eigenvalue weighted by Crippen LogP contribution is 2.32. The highest BCUT2D eigenvalue weighted by atomic mass is 79.9. The summed E-state index contributed by atoms with van der Waals surface area (Å²) in [6, 6.07) is 2.17. The maximum atomic E-state index is 3.52. The average molecular weight is 384 g/mol. The maximum Gasteiger partial charge on any atom is 0.0843 e. The fraction of sp³-hybridized carbons (Fsp3) is 0.667. The Labute approximate surface area is 125 Å². The summed E-state index contributed by atoms with van der Waals surface area (Å²) in [5.74, 6) is 0. The smallest absolute Gasteiger partial charge is 0.0843 e. The SMILES string of the molecule is CCCN(CC)CCNCc1cc(Br)c(Br)s1. The number of hydrogen-bond donors (Lipinski definition) is 1. The molecule has 1 rings (SSSR count). The molecule has 0 unspecified atom stereocenters. The number of thiophene rings is 1. The van der Waals surface area contributed by atoms with Crippen LogP contribution in [0.5, 0.6) is 0 Å². The van der Waals surface area contributed by atoms with Gasteiger partial charge in [0.2, 0.25) is 0 Å². The van der Waals surface area contributed by atoms with Gasteiger partial charge in [-0.2, -0.15) is 0 Å². The van der Waals surface area contributed by atoms with Crippen LogP contribution in [-0.4, -0.2) is 31.1 Å².